The Morgan fingerprint density at radius 1 is 1.31 bits per heavy atom. The van der Waals surface area contributed by atoms with E-state index in [1.54, 1.807) is 0 Å². The molecule has 16 heavy (non-hydrogen) atoms. The molecule has 0 spiro atoms. The number of hydrogen-bond acceptors (Lipinski definition) is 2. The molecule has 0 bridgehead atoms. The first-order valence-electron chi connectivity index (χ1n) is 5.78. The van der Waals surface area contributed by atoms with E-state index in [9.17, 15) is 0 Å². The second-order valence-electron chi connectivity index (χ2n) is 4.07. The van der Waals surface area contributed by atoms with Gasteiger partial charge in [0.15, 0.2) is 0 Å². The van der Waals surface area contributed by atoms with E-state index in [-0.39, 0.29) is 0 Å². The fourth-order valence-corrected chi connectivity index (χ4v) is 1.81. The largest absolute Gasteiger partial charge is 0.391 e. The number of benzene rings is 1. The molecule has 0 unspecified atom stereocenters. The quantitative estimate of drug-likeness (QED) is 0.756. The Balaban J connectivity index is 2.33. The van der Waals surface area contributed by atoms with Crippen LogP contribution in [0.2, 0.25) is 0 Å². The highest BCUT2D eigenvalue weighted by atomic mass is 16.6. The van der Waals surface area contributed by atoms with Gasteiger partial charge in [0.1, 0.15) is 6.61 Å². The molecule has 2 nitrogen and oxygen atoms in total. The van der Waals surface area contributed by atoms with Crippen LogP contribution in [0.15, 0.2) is 41.6 Å². The fourth-order valence-electron chi connectivity index (χ4n) is 1.81. The van der Waals surface area contributed by atoms with Crippen molar-refractivity contribution in [1.82, 2.24) is 0 Å². The van der Waals surface area contributed by atoms with Gasteiger partial charge in [-0.25, -0.2) is 0 Å². The summed E-state index contributed by atoms with van der Waals surface area (Å²) in [6.45, 7) is 4.93. The van der Waals surface area contributed by atoms with Crippen LogP contribution in [0.3, 0.4) is 0 Å². The summed E-state index contributed by atoms with van der Waals surface area (Å²) in [7, 11) is 0. The predicted molar refractivity (Wildman–Crippen MR) is 67.3 cm³/mol. The van der Waals surface area contributed by atoms with Crippen molar-refractivity contribution < 1.29 is 4.84 Å². The summed E-state index contributed by atoms with van der Waals surface area (Å²) in [5, 5.41) is 4.21. The molecule has 1 aliphatic heterocycles. The first-order valence-corrected chi connectivity index (χ1v) is 5.78. The van der Waals surface area contributed by atoms with Gasteiger partial charge in [0.05, 0.1) is 5.71 Å². The highest BCUT2D eigenvalue weighted by molar-refractivity contribution is 6.24. The molecule has 1 aromatic carbocycles. The van der Waals surface area contributed by atoms with E-state index in [0.29, 0.717) is 12.5 Å². The van der Waals surface area contributed by atoms with E-state index < -0.39 is 0 Å². The Labute approximate surface area is 96.6 Å². The number of rotatable bonds is 3. The summed E-state index contributed by atoms with van der Waals surface area (Å²) in [5.41, 5.74) is 3.52. The lowest BCUT2D eigenvalue weighted by Crippen LogP contribution is -2.16. The first-order chi connectivity index (χ1) is 7.83. The second-order valence-corrected chi connectivity index (χ2v) is 4.07. The summed E-state index contributed by atoms with van der Waals surface area (Å²) in [4.78, 5) is 5.17. The van der Waals surface area contributed by atoms with Gasteiger partial charge in [0, 0.05) is 11.5 Å². The lowest BCUT2D eigenvalue weighted by molar-refractivity contribution is 0.170. The summed E-state index contributed by atoms with van der Waals surface area (Å²) in [5.74, 6) is 0.437. The molecule has 0 aromatic heterocycles. The predicted octanol–water partition coefficient (Wildman–Crippen LogP) is 3.50. The number of nitrogens with zero attached hydrogens (tertiary/aromatic N) is 1. The monoisotopic (exact) mass is 215 g/mol. The van der Waals surface area contributed by atoms with Crippen LogP contribution < -0.4 is 0 Å². The van der Waals surface area contributed by atoms with Crippen molar-refractivity contribution in [2.24, 2.45) is 11.1 Å². The molecule has 0 saturated heterocycles. The van der Waals surface area contributed by atoms with Crippen molar-refractivity contribution in [1.29, 1.82) is 0 Å². The maximum absolute atomic E-state index is 5.17. The van der Waals surface area contributed by atoms with Crippen molar-refractivity contribution in [2.45, 2.75) is 20.3 Å². The van der Waals surface area contributed by atoms with Crippen LogP contribution in [-0.2, 0) is 4.84 Å². The normalized spacial score (nSPS) is 17.1. The maximum Gasteiger partial charge on any atom is 0.136 e. The van der Waals surface area contributed by atoms with Crippen molar-refractivity contribution in [3.8, 4) is 0 Å². The molecule has 2 rings (SSSR count). The van der Waals surface area contributed by atoms with E-state index in [1.165, 1.54) is 11.1 Å². The van der Waals surface area contributed by atoms with Crippen molar-refractivity contribution in [2.75, 3.05) is 6.61 Å². The number of hydrogen-bond donors (Lipinski definition) is 0. The van der Waals surface area contributed by atoms with Crippen LogP contribution in [0.1, 0.15) is 25.8 Å². The summed E-state index contributed by atoms with van der Waals surface area (Å²) in [6, 6.07) is 10.4. The highest BCUT2D eigenvalue weighted by Gasteiger charge is 2.18. The van der Waals surface area contributed by atoms with Crippen LogP contribution in [0.25, 0.3) is 5.57 Å². The molecule has 0 amide bonds. The zero-order valence-electron chi connectivity index (χ0n) is 9.81. The third-order valence-electron chi connectivity index (χ3n) is 2.96. The molecule has 1 heterocycles. The molecule has 0 radical (unpaired) electrons. The van der Waals surface area contributed by atoms with E-state index in [0.717, 1.165) is 12.1 Å². The Hall–Kier alpha value is -1.57. The molecule has 2 heteroatoms. The molecule has 1 atom stereocenters. The van der Waals surface area contributed by atoms with Crippen LogP contribution >= 0.6 is 0 Å². The van der Waals surface area contributed by atoms with Gasteiger partial charge in [-0.1, -0.05) is 49.3 Å². The zero-order valence-corrected chi connectivity index (χ0v) is 9.81. The molecule has 0 fully saturated rings. The van der Waals surface area contributed by atoms with Crippen LogP contribution in [-0.4, -0.2) is 12.3 Å². The average molecular weight is 215 g/mol. The molecule has 0 aliphatic carbocycles. The minimum atomic E-state index is 0.437. The summed E-state index contributed by atoms with van der Waals surface area (Å²) in [6.07, 6.45) is 3.19. The lowest BCUT2D eigenvalue weighted by atomic mass is 9.91. The van der Waals surface area contributed by atoms with Crippen LogP contribution in [0, 0.1) is 5.92 Å². The summed E-state index contributed by atoms with van der Waals surface area (Å²) >= 11 is 0. The minimum absolute atomic E-state index is 0.437. The van der Waals surface area contributed by atoms with E-state index in [1.807, 2.05) is 6.07 Å². The Bertz CT molecular complexity index is 406. The van der Waals surface area contributed by atoms with Crippen molar-refractivity contribution in [3.63, 3.8) is 0 Å². The SMILES string of the molecule is CC[C@H](C)C1=NOCC=C1c1ccccc1. The number of allylic oxidation sites excluding steroid dienone is 1. The first kappa shape index (κ1) is 10.9. The standard InChI is InChI=1S/C14H17NO/c1-3-11(2)14-13(9-10-16-15-14)12-7-5-4-6-8-12/h4-9,11H,3,10H2,1-2H3/t11-/m0/s1. The van der Waals surface area contributed by atoms with E-state index in [2.05, 4.69) is 49.3 Å². The van der Waals surface area contributed by atoms with Crippen molar-refractivity contribution >= 4 is 11.3 Å². The van der Waals surface area contributed by atoms with Gasteiger partial charge in [0.2, 0.25) is 0 Å². The molecule has 84 valence electrons. The molecule has 1 aliphatic rings. The van der Waals surface area contributed by atoms with Gasteiger partial charge in [-0.3, -0.25) is 0 Å². The third-order valence-corrected chi connectivity index (χ3v) is 2.96. The fraction of sp³-hybridized carbons (Fsp3) is 0.357. The Morgan fingerprint density at radius 2 is 2.06 bits per heavy atom. The van der Waals surface area contributed by atoms with Gasteiger partial charge in [0.25, 0.3) is 0 Å². The zero-order chi connectivity index (χ0) is 11.4. The molecule has 0 N–H and O–H groups in total. The van der Waals surface area contributed by atoms with Crippen LogP contribution in [0.4, 0.5) is 0 Å². The van der Waals surface area contributed by atoms with Gasteiger partial charge in [-0.05, 0) is 18.1 Å². The molecular formula is C14H17NO. The molecular weight excluding hydrogens is 198 g/mol. The van der Waals surface area contributed by atoms with Gasteiger partial charge in [-0.15, -0.1) is 0 Å². The summed E-state index contributed by atoms with van der Waals surface area (Å²) < 4.78 is 0. The second kappa shape index (κ2) is 4.97. The minimum Gasteiger partial charge on any atom is -0.391 e. The van der Waals surface area contributed by atoms with Crippen LogP contribution in [0.5, 0.6) is 0 Å². The number of oxime groups is 1. The van der Waals surface area contributed by atoms with E-state index in [4.69, 9.17) is 4.84 Å². The third kappa shape index (κ3) is 2.16. The van der Waals surface area contributed by atoms with Gasteiger partial charge in [-0.2, -0.15) is 0 Å². The lowest BCUT2D eigenvalue weighted by Gasteiger charge is -2.19. The van der Waals surface area contributed by atoms with Crippen molar-refractivity contribution in [3.05, 3.63) is 42.0 Å². The smallest absolute Gasteiger partial charge is 0.136 e. The maximum atomic E-state index is 5.17. The average Bonchev–Trinajstić information content (AvgIpc) is 2.39. The van der Waals surface area contributed by atoms with Gasteiger partial charge >= 0.3 is 0 Å². The molecule has 0 saturated carbocycles. The topological polar surface area (TPSA) is 21.6 Å². The highest BCUT2D eigenvalue weighted by Crippen LogP contribution is 2.24. The Kier molecular flexibility index (Phi) is 3.40. The van der Waals surface area contributed by atoms with Gasteiger partial charge < -0.3 is 4.84 Å². The Morgan fingerprint density at radius 3 is 2.75 bits per heavy atom. The molecule has 1 aromatic rings. The van der Waals surface area contributed by atoms with E-state index >= 15 is 0 Å².